The van der Waals surface area contributed by atoms with E-state index in [9.17, 15) is 32.3 Å². The second kappa shape index (κ2) is 12.8. The van der Waals surface area contributed by atoms with E-state index in [1.165, 1.54) is 23.7 Å². The van der Waals surface area contributed by atoms with E-state index >= 15 is 0 Å². The predicted octanol–water partition coefficient (Wildman–Crippen LogP) is 7.05. The molecule has 0 aliphatic carbocycles. The number of anilines is 2. The highest BCUT2D eigenvalue weighted by Gasteiger charge is 2.39. The Hall–Kier alpha value is -4.23. The molecule has 2 unspecified atom stereocenters. The smallest absolute Gasteiger partial charge is 0.419 e. The van der Waals surface area contributed by atoms with Crippen LogP contribution in [-0.2, 0) is 17.4 Å². The molecule has 3 heterocycles. The highest BCUT2D eigenvalue weighted by Crippen LogP contribution is 2.37. The summed E-state index contributed by atoms with van der Waals surface area (Å²) in [4.78, 5) is 35.1. The van der Waals surface area contributed by atoms with Gasteiger partial charge in [0.05, 0.1) is 34.9 Å². The number of hydrogen-bond donors (Lipinski definition) is 2. The number of benzene rings is 2. The number of aryl methyl sites for hydroxylation is 1. The summed E-state index contributed by atoms with van der Waals surface area (Å²) in [5, 5.41) is 13.9. The van der Waals surface area contributed by atoms with Gasteiger partial charge in [-0.05, 0) is 54.7 Å². The van der Waals surface area contributed by atoms with Gasteiger partial charge in [-0.3, -0.25) is 14.9 Å². The zero-order valence-electron chi connectivity index (χ0n) is 23.1. The second-order valence-corrected chi connectivity index (χ2v) is 11.5. The van der Waals surface area contributed by atoms with Gasteiger partial charge in [-0.25, -0.2) is 14.4 Å². The fourth-order valence-corrected chi connectivity index (χ4v) is 6.15. The topological polar surface area (TPSA) is 105 Å². The molecule has 1 saturated heterocycles. The monoisotopic (exact) mass is 648 g/mol. The van der Waals surface area contributed by atoms with Crippen molar-refractivity contribution in [3.05, 3.63) is 87.6 Å². The molecular formula is C30H25ClF4N4O4S. The minimum Gasteiger partial charge on any atom is -0.497 e. The molecule has 8 nitrogen and oxygen atoms in total. The number of ether oxygens (including phenoxy) is 1. The number of nitrogens with zero attached hydrogens (tertiary/aromatic N) is 3. The maximum Gasteiger partial charge on any atom is 0.419 e. The van der Waals surface area contributed by atoms with Crippen molar-refractivity contribution in [1.29, 1.82) is 0 Å². The predicted molar refractivity (Wildman–Crippen MR) is 158 cm³/mol. The van der Waals surface area contributed by atoms with Crippen molar-refractivity contribution < 1.29 is 37.0 Å². The number of amides is 1. The molecule has 4 aromatic rings. The number of nitrogens with one attached hydrogen (secondary N) is 1. The number of aliphatic carboxylic acids is 1. The summed E-state index contributed by atoms with van der Waals surface area (Å²) in [6, 6.07) is 11.9. The van der Waals surface area contributed by atoms with Gasteiger partial charge in [0.1, 0.15) is 17.4 Å². The Morgan fingerprint density at radius 1 is 1.18 bits per heavy atom. The zero-order valence-corrected chi connectivity index (χ0v) is 24.6. The Balaban J connectivity index is 1.26. The number of methoxy groups -OCH3 is 1. The van der Waals surface area contributed by atoms with E-state index in [2.05, 4.69) is 15.3 Å². The molecule has 230 valence electrons. The third-order valence-electron chi connectivity index (χ3n) is 7.38. The number of carbonyl (C=O) groups is 2. The number of aromatic nitrogens is 2. The summed E-state index contributed by atoms with van der Waals surface area (Å²) in [6.45, 7) is 0.609. The lowest BCUT2D eigenvalue weighted by Crippen LogP contribution is -2.24. The van der Waals surface area contributed by atoms with Gasteiger partial charge in [0.15, 0.2) is 5.13 Å². The average molecular weight is 649 g/mol. The number of thiazole rings is 1. The van der Waals surface area contributed by atoms with Gasteiger partial charge < -0.3 is 14.7 Å². The molecule has 2 aromatic carbocycles. The quantitative estimate of drug-likeness (QED) is 0.188. The Bertz CT molecular complexity index is 1700. The van der Waals surface area contributed by atoms with Gasteiger partial charge >= 0.3 is 12.1 Å². The highest BCUT2D eigenvalue weighted by molar-refractivity contribution is 7.14. The fourth-order valence-electron chi connectivity index (χ4n) is 5.16. The average Bonchev–Trinajstić information content (AvgIpc) is 3.63. The number of carboxylic acid groups (broad SMARTS) is 1. The molecule has 2 atom stereocenters. The molecule has 1 aliphatic heterocycles. The number of halogens is 5. The molecule has 2 aromatic heterocycles. The van der Waals surface area contributed by atoms with E-state index in [1.54, 1.807) is 12.0 Å². The summed E-state index contributed by atoms with van der Waals surface area (Å²) in [5.41, 5.74) is -0.721. The van der Waals surface area contributed by atoms with Crippen LogP contribution in [0.4, 0.5) is 28.5 Å². The molecule has 0 radical (unpaired) electrons. The Kier molecular flexibility index (Phi) is 9.07. The third kappa shape index (κ3) is 6.78. The van der Waals surface area contributed by atoms with E-state index in [-0.39, 0.29) is 39.4 Å². The minimum absolute atomic E-state index is 0.0322. The molecule has 1 amide bonds. The third-order valence-corrected chi connectivity index (χ3v) is 8.42. The normalized spacial score (nSPS) is 16.6. The molecule has 0 spiro atoms. The van der Waals surface area contributed by atoms with Crippen molar-refractivity contribution in [3.63, 3.8) is 0 Å². The second-order valence-electron chi connectivity index (χ2n) is 10.2. The van der Waals surface area contributed by atoms with Crippen molar-refractivity contribution in [2.45, 2.75) is 19.0 Å². The van der Waals surface area contributed by atoms with Crippen molar-refractivity contribution in [2.24, 2.45) is 11.8 Å². The Labute approximate surface area is 258 Å². The largest absolute Gasteiger partial charge is 0.497 e. The summed E-state index contributed by atoms with van der Waals surface area (Å²) in [7, 11) is 1.59. The van der Waals surface area contributed by atoms with Crippen LogP contribution in [0.2, 0.25) is 5.02 Å². The lowest BCUT2D eigenvalue weighted by molar-refractivity contribution is -0.142. The van der Waals surface area contributed by atoms with Crippen LogP contribution in [0.1, 0.15) is 27.9 Å². The fraction of sp³-hybridized carbons (Fsp3) is 0.267. The number of hydrogen-bond acceptors (Lipinski definition) is 7. The van der Waals surface area contributed by atoms with Gasteiger partial charge in [0.25, 0.3) is 5.91 Å². The van der Waals surface area contributed by atoms with Crippen LogP contribution in [-0.4, -0.2) is 47.2 Å². The van der Waals surface area contributed by atoms with E-state index in [4.69, 9.17) is 16.3 Å². The first-order valence-electron chi connectivity index (χ1n) is 13.3. The van der Waals surface area contributed by atoms with Gasteiger partial charge in [-0.1, -0.05) is 29.8 Å². The van der Waals surface area contributed by atoms with Gasteiger partial charge in [0.2, 0.25) is 0 Å². The first-order chi connectivity index (χ1) is 20.9. The minimum atomic E-state index is -4.87. The molecule has 1 aliphatic rings. The van der Waals surface area contributed by atoms with E-state index in [1.807, 2.05) is 24.3 Å². The van der Waals surface area contributed by atoms with Crippen molar-refractivity contribution >= 4 is 45.8 Å². The molecule has 14 heteroatoms. The zero-order chi connectivity index (χ0) is 31.6. The van der Waals surface area contributed by atoms with Crippen LogP contribution in [0.25, 0.3) is 11.3 Å². The molecule has 0 saturated carbocycles. The standard InChI is InChI=1S/C30H25ClF4N4O4S/c1-43-19-5-2-4-16(10-19)8-9-17-13-39(14-21(17)28(41)42)26-23(31)11-18(12-36-26)27(40)38-29-37-24(15-44-29)20-6-3-7-22(25(20)32)30(33,34)35/h2-7,10-12,15,17,21H,8-9,13-14H2,1H3,(H,41,42)(H,37,38,40). The van der Waals surface area contributed by atoms with Crippen LogP contribution >= 0.6 is 22.9 Å². The highest BCUT2D eigenvalue weighted by atomic mass is 35.5. The van der Waals surface area contributed by atoms with Crippen molar-refractivity contribution in [3.8, 4) is 17.0 Å². The van der Waals surface area contributed by atoms with Crippen LogP contribution in [0.15, 0.2) is 60.1 Å². The van der Waals surface area contributed by atoms with Crippen LogP contribution in [0.3, 0.4) is 0 Å². The summed E-state index contributed by atoms with van der Waals surface area (Å²) >= 11 is 7.41. The molecule has 5 rings (SSSR count). The molecule has 0 bridgehead atoms. The number of carboxylic acids is 1. The van der Waals surface area contributed by atoms with Gasteiger partial charge in [0, 0.05) is 30.2 Å². The van der Waals surface area contributed by atoms with Gasteiger partial charge in [-0.15, -0.1) is 11.3 Å². The molecule has 2 N–H and O–H groups in total. The number of pyridine rings is 1. The number of carbonyl (C=O) groups excluding carboxylic acids is 1. The van der Waals surface area contributed by atoms with E-state index in [0.717, 1.165) is 28.7 Å². The lowest BCUT2D eigenvalue weighted by atomic mass is 9.90. The van der Waals surface area contributed by atoms with E-state index < -0.39 is 35.4 Å². The first-order valence-corrected chi connectivity index (χ1v) is 14.6. The Morgan fingerprint density at radius 2 is 1.95 bits per heavy atom. The number of rotatable bonds is 9. The summed E-state index contributed by atoms with van der Waals surface area (Å²) < 4.78 is 59.1. The SMILES string of the molecule is COc1cccc(CCC2CN(c3ncc(C(=O)Nc4nc(-c5cccc(C(F)(F)F)c5F)cs4)cc3Cl)CC2C(=O)O)c1. The first kappa shape index (κ1) is 31.2. The van der Waals surface area contributed by atoms with Crippen LogP contribution < -0.4 is 15.0 Å². The van der Waals surface area contributed by atoms with E-state index in [0.29, 0.717) is 31.3 Å². The number of alkyl halides is 3. The Morgan fingerprint density at radius 3 is 2.66 bits per heavy atom. The van der Waals surface area contributed by atoms with Crippen molar-refractivity contribution in [2.75, 3.05) is 30.4 Å². The molecular weight excluding hydrogens is 624 g/mol. The lowest BCUT2D eigenvalue weighted by Gasteiger charge is -2.19. The maximum atomic E-state index is 14.5. The summed E-state index contributed by atoms with van der Waals surface area (Å²) in [5.74, 6) is -2.74. The van der Waals surface area contributed by atoms with Crippen molar-refractivity contribution in [1.82, 2.24) is 9.97 Å². The molecule has 44 heavy (non-hydrogen) atoms. The maximum absolute atomic E-state index is 14.5. The van der Waals surface area contributed by atoms with Crippen LogP contribution in [0, 0.1) is 17.7 Å². The van der Waals surface area contributed by atoms with Gasteiger partial charge in [-0.2, -0.15) is 13.2 Å². The summed E-state index contributed by atoms with van der Waals surface area (Å²) in [6.07, 6.45) is -2.29. The van der Waals surface area contributed by atoms with Crippen LogP contribution in [0.5, 0.6) is 5.75 Å². The molecule has 1 fully saturated rings.